The predicted octanol–water partition coefficient (Wildman–Crippen LogP) is 3.69. The molecule has 4 rings (SSSR count). The van der Waals surface area contributed by atoms with Gasteiger partial charge in [0.1, 0.15) is 11.9 Å². The lowest BCUT2D eigenvalue weighted by atomic mass is 9.82. The highest BCUT2D eigenvalue weighted by molar-refractivity contribution is 6.30. The fraction of sp³-hybridized carbons (Fsp3) is 0.333. The highest BCUT2D eigenvalue weighted by atomic mass is 35.5. The Morgan fingerprint density at radius 3 is 2.65 bits per heavy atom. The number of hydrogen-bond acceptors (Lipinski definition) is 4. The van der Waals surface area contributed by atoms with Crippen molar-refractivity contribution in [2.24, 2.45) is 5.92 Å². The van der Waals surface area contributed by atoms with Gasteiger partial charge in [0.05, 0.1) is 13.2 Å². The normalized spacial score (nSPS) is 24.0. The zero-order valence-corrected chi connectivity index (χ0v) is 18.0. The summed E-state index contributed by atoms with van der Waals surface area (Å²) in [6.07, 6.45) is 3.60. The molecule has 31 heavy (non-hydrogen) atoms. The van der Waals surface area contributed by atoms with Crippen LogP contribution in [0.15, 0.2) is 54.3 Å². The van der Waals surface area contributed by atoms with E-state index in [0.29, 0.717) is 30.2 Å². The van der Waals surface area contributed by atoms with Crippen LogP contribution in [0.4, 0.5) is 0 Å². The number of hydrogen-bond donors (Lipinski definition) is 2. The zero-order valence-electron chi connectivity index (χ0n) is 17.3. The van der Waals surface area contributed by atoms with Crippen molar-refractivity contribution in [1.29, 1.82) is 0 Å². The van der Waals surface area contributed by atoms with Crippen LogP contribution in [0.5, 0.6) is 5.75 Å². The Kier molecular flexibility index (Phi) is 6.47. The summed E-state index contributed by atoms with van der Waals surface area (Å²) in [5, 5.41) is 6.66. The molecule has 1 saturated heterocycles. The fourth-order valence-corrected chi connectivity index (χ4v) is 4.14. The van der Waals surface area contributed by atoms with Crippen molar-refractivity contribution < 1.29 is 19.1 Å². The Morgan fingerprint density at radius 2 is 1.94 bits per heavy atom. The van der Waals surface area contributed by atoms with Crippen molar-refractivity contribution >= 4 is 29.5 Å². The van der Waals surface area contributed by atoms with Crippen molar-refractivity contribution in [3.05, 3.63) is 70.4 Å². The largest absolute Gasteiger partial charge is 0.497 e. The molecule has 3 atom stereocenters. The first-order chi connectivity index (χ1) is 15.0. The van der Waals surface area contributed by atoms with Crippen LogP contribution in [-0.2, 0) is 20.9 Å². The molecule has 3 unspecified atom stereocenters. The zero-order chi connectivity index (χ0) is 21.8. The van der Waals surface area contributed by atoms with E-state index in [1.165, 1.54) is 0 Å². The third-order valence-corrected chi connectivity index (χ3v) is 6.02. The van der Waals surface area contributed by atoms with E-state index in [9.17, 15) is 9.59 Å². The Balaban J connectivity index is 1.32. The van der Waals surface area contributed by atoms with Crippen molar-refractivity contribution in [2.75, 3.05) is 7.11 Å². The number of carbonyl (C=O) groups excluding carboxylic acids is 2. The van der Waals surface area contributed by atoms with Crippen LogP contribution in [0.3, 0.4) is 0 Å². The van der Waals surface area contributed by atoms with Crippen LogP contribution >= 0.6 is 11.6 Å². The molecule has 1 heterocycles. The fourth-order valence-electron chi connectivity index (χ4n) is 4.02. The average Bonchev–Trinajstić information content (AvgIpc) is 2.79. The van der Waals surface area contributed by atoms with Crippen LogP contribution in [0.2, 0.25) is 5.02 Å². The minimum atomic E-state index is -0.254. The van der Waals surface area contributed by atoms with E-state index in [1.807, 2.05) is 36.4 Å². The number of benzene rings is 2. The van der Waals surface area contributed by atoms with E-state index >= 15 is 0 Å². The average molecular weight is 441 g/mol. The molecule has 0 spiro atoms. The van der Waals surface area contributed by atoms with Gasteiger partial charge in [0, 0.05) is 17.5 Å². The summed E-state index contributed by atoms with van der Waals surface area (Å²) >= 11 is 5.91. The minimum Gasteiger partial charge on any atom is -0.497 e. The van der Waals surface area contributed by atoms with E-state index in [4.69, 9.17) is 21.1 Å². The van der Waals surface area contributed by atoms with Gasteiger partial charge >= 0.3 is 0 Å². The summed E-state index contributed by atoms with van der Waals surface area (Å²) in [6, 6.07) is 14.7. The first-order valence-electron chi connectivity index (χ1n) is 10.4. The molecule has 2 fully saturated rings. The molecule has 2 aliphatic rings. The maximum Gasteiger partial charge on any atom is 0.286 e. The topological polar surface area (TPSA) is 76.7 Å². The summed E-state index contributed by atoms with van der Waals surface area (Å²) in [5.41, 5.74) is 1.86. The van der Waals surface area contributed by atoms with Crippen molar-refractivity contribution in [3.8, 4) is 5.75 Å². The molecule has 0 aromatic heterocycles. The third-order valence-electron chi connectivity index (χ3n) is 5.77. The second-order valence-electron chi connectivity index (χ2n) is 7.87. The predicted molar refractivity (Wildman–Crippen MR) is 118 cm³/mol. The maximum absolute atomic E-state index is 12.7. The molecule has 2 aromatic carbocycles. The number of ether oxygens (including phenoxy) is 2. The number of nitrogens with one attached hydrogen (secondary N) is 2. The van der Waals surface area contributed by atoms with Crippen LogP contribution in [0.25, 0.3) is 6.08 Å². The van der Waals surface area contributed by atoms with Gasteiger partial charge in [0.2, 0.25) is 5.91 Å². The van der Waals surface area contributed by atoms with Gasteiger partial charge in [-0.15, -0.1) is 0 Å². The van der Waals surface area contributed by atoms with Crippen molar-refractivity contribution in [3.63, 3.8) is 0 Å². The summed E-state index contributed by atoms with van der Waals surface area (Å²) in [4.78, 5) is 25.2. The highest BCUT2D eigenvalue weighted by Crippen LogP contribution is 2.31. The van der Waals surface area contributed by atoms with E-state index in [0.717, 1.165) is 23.3 Å². The second-order valence-corrected chi connectivity index (χ2v) is 8.31. The molecule has 7 heteroatoms. The molecular weight excluding hydrogens is 416 g/mol. The third kappa shape index (κ3) is 5.20. The lowest BCUT2D eigenvalue weighted by Gasteiger charge is -2.39. The standard InChI is InChI=1S/C24H25ClN2O4/c1-30-19-9-4-16(5-10-19)14-26-23(28)17-6-11-21-20(13-17)27-24(29)22(31-21)12-15-2-7-18(25)8-3-15/h2-5,7-10,12,17,20-21H,6,11,13-14H2,1H3,(H,26,28)(H,27,29)/b22-12-. The Morgan fingerprint density at radius 1 is 1.19 bits per heavy atom. The number of morpholine rings is 1. The van der Waals surface area contributed by atoms with Crippen LogP contribution in [-0.4, -0.2) is 31.1 Å². The quantitative estimate of drug-likeness (QED) is 0.695. The van der Waals surface area contributed by atoms with Crippen LogP contribution in [0, 0.1) is 5.92 Å². The number of amides is 2. The second kappa shape index (κ2) is 9.43. The lowest BCUT2D eigenvalue weighted by Crippen LogP contribution is -2.54. The van der Waals surface area contributed by atoms with Gasteiger partial charge in [-0.2, -0.15) is 0 Å². The van der Waals surface area contributed by atoms with Crippen molar-refractivity contribution in [2.45, 2.75) is 38.0 Å². The Bertz CT molecular complexity index is 972. The summed E-state index contributed by atoms with van der Waals surface area (Å²) in [5.74, 6) is 0.684. The van der Waals surface area contributed by atoms with Gasteiger partial charge in [0.25, 0.3) is 5.91 Å². The number of rotatable bonds is 5. The van der Waals surface area contributed by atoms with E-state index in [2.05, 4.69) is 10.6 Å². The molecule has 0 radical (unpaired) electrons. The first-order valence-corrected chi connectivity index (χ1v) is 10.7. The van der Waals surface area contributed by atoms with Gasteiger partial charge < -0.3 is 20.1 Å². The number of methoxy groups -OCH3 is 1. The van der Waals surface area contributed by atoms with Gasteiger partial charge in [-0.25, -0.2) is 0 Å². The van der Waals surface area contributed by atoms with Gasteiger partial charge in [-0.3, -0.25) is 9.59 Å². The Labute approximate surface area is 186 Å². The summed E-state index contributed by atoms with van der Waals surface area (Å²) < 4.78 is 11.1. The molecule has 0 bridgehead atoms. The molecule has 2 aromatic rings. The molecule has 1 aliphatic carbocycles. The first kappa shape index (κ1) is 21.2. The Hall–Kier alpha value is -2.99. The molecule has 6 nitrogen and oxygen atoms in total. The molecular formula is C24H25ClN2O4. The number of fused-ring (bicyclic) bond motifs is 1. The lowest BCUT2D eigenvalue weighted by molar-refractivity contribution is -0.134. The molecule has 2 N–H and O–H groups in total. The van der Waals surface area contributed by atoms with Gasteiger partial charge in [0.15, 0.2) is 5.76 Å². The summed E-state index contributed by atoms with van der Waals surface area (Å²) in [6.45, 7) is 0.463. The highest BCUT2D eigenvalue weighted by Gasteiger charge is 2.40. The molecule has 162 valence electrons. The van der Waals surface area contributed by atoms with E-state index in [1.54, 1.807) is 25.3 Å². The van der Waals surface area contributed by atoms with Gasteiger partial charge in [-0.05, 0) is 60.7 Å². The smallest absolute Gasteiger partial charge is 0.286 e. The molecule has 1 saturated carbocycles. The number of carbonyl (C=O) groups is 2. The van der Waals surface area contributed by atoms with Crippen molar-refractivity contribution in [1.82, 2.24) is 10.6 Å². The van der Waals surface area contributed by atoms with E-state index in [-0.39, 0.29) is 29.9 Å². The monoisotopic (exact) mass is 440 g/mol. The maximum atomic E-state index is 12.7. The number of halogens is 1. The van der Waals surface area contributed by atoms with Crippen LogP contribution in [0.1, 0.15) is 30.4 Å². The van der Waals surface area contributed by atoms with E-state index < -0.39 is 0 Å². The minimum absolute atomic E-state index is 0.00557. The molecule has 2 amide bonds. The summed E-state index contributed by atoms with van der Waals surface area (Å²) in [7, 11) is 1.62. The van der Waals surface area contributed by atoms with Crippen LogP contribution < -0.4 is 15.4 Å². The SMILES string of the molecule is COc1ccc(CNC(=O)C2CCC3O/C(=C\c4ccc(Cl)cc4)C(=O)NC3C2)cc1. The molecule has 1 aliphatic heterocycles. The van der Waals surface area contributed by atoms with Gasteiger partial charge in [-0.1, -0.05) is 35.9 Å².